The van der Waals surface area contributed by atoms with Crippen LogP contribution in [-0.4, -0.2) is 43.1 Å². The second kappa shape index (κ2) is 5.61. The van der Waals surface area contributed by atoms with Crippen LogP contribution in [0.3, 0.4) is 0 Å². The minimum atomic E-state index is -0.0367. The van der Waals surface area contributed by atoms with E-state index >= 15 is 0 Å². The third kappa shape index (κ3) is 3.47. The molecule has 0 spiro atoms. The topological polar surface area (TPSA) is 41.6 Å². The van der Waals surface area contributed by atoms with Crippen molar-refractivity contribution in [1.29, 1.82) is 0 Å². The summed E-state index contributed by atoms with van der Waals surface area (Å²) in [5.74, 6) is 0.800. The van der Waals surface area contributed by atoms with Gasteiger partial charge in [-0.2, -0.15) is 0 Å². The summed E-state index contributed by atoms with van der Waals surface area (Å²) in [6.07, 6.45) is 0.985. The van der Waals surface area contributed by atoms with E-state index in [2.05, 4.69) is 19.2 Å². The quantitative estimate of drug-likeness (QED) is 0.885. The monoisotopic (exact) mass is 262 g/mol. The molecular formula is C15H22N2O2. The summed E-state index contributed by atoms with van der Waals surface area (Å²) in [5, 5.41) is 3.46. The van der Waals surface area contributed by atoms with Crippen LogP contribution in [0.5, 0.6) is 5.75 Å². The molecule has 1 aromatic carbocycles. The van der Waals surface area contributed by atoms with Crippen LogP contribution < -0.4 is 10.1 Å². The molecule has 2 rings (SSSR count). The van der Waals surface area contributed by atoms with Crippen molar-refractivity contribution in [3.63, 3.8) is 0 Å². The molecule has 1 fully saturated rings. The first kappa shape index (κ1) is 13.9. The van der Waals surface area contributed by atoms with Crippen LogP contribution in [0.25, 0.3) is 0 Å². The highest BCUT2D eigenvalue weighted by atomic mass is 16.5. The summed E-state index contributed by atoms with van der Waals surface area (Å²) in [4.78, 5) is 14.5. The maximum atomic E-state index is 12.6. The number of methoxy groups -OCH3 is 1. The van der Waals surface area contributed by atoms with E-state index in [0.717, 1.165) is 31.8 Å². The van der Waals surface area contributed by atoms with Crippen molar-refractivity contribution in [1.82, 2.24) is 10.2 Å². The van der Waals surface area contributed by atoms with Gasteiger partial charge in [-0.3, -0.25) is 4.79 Å². The number of hydrogen-bond donors (Lipinski definition) is 1. The standard InChI is InChI=1S/C15H22N2O2/c1-15(2)11-17(9-5-8-16-15)14(18)12-6-4-7-13(10-12)19-3/h4,6-7,10,16H,5,8-9,11H2,1-3H3. The van der Waals surface area contributed by atoms with E-state index in [1.807, 2.05) is 23.1 Å². The molecule has 1 N–H and O–H groups in total. The van der Waals surface area contributed by atoms with E-state index in [0.29, 0.717) is 5.56 Å². The molecule has 0 aromatic heterocycles. The van der Waals surface area contributed by atoms with Crippen LogP contribution in [0.15, 0.2) is 24.3 Å². The first-order chi connectivity index (χ1) is 9.02. The Hall–Kier alpha value is -1.55. The van der Waals surface area contributed by atoms with Gasteiger partial charge in [-0.1, -0.05) is 6.07 Å². The molecular weight excluding hydrogens is 240 g/mol. The fourth-order valence-corrected chi connectivity index (χ4v) is 2.42. The lowest BCUT2D eigenvalue weighted by Crippen LogP contribution is -2.47. The molecule has 0 atom stereocenters. The number of hydrogen-bond acceptors (Lipinski definition) is 3. The molecule has 19 heavy (non-hydrogen) atoms. The van der Waals surface area contributed by atoms with Gasteiger partial charge in [-0.25, -0.2) is 0 Å². The maximum Gasteiger partial charge on any atom is 0.254 e. The van der Waals surface area contributed by atoms with Gasteiger partial charge in [0.2, 0.25) is 0 Å². The zero-order valence-electron chi connectivity index (χ0n) is 11.9. The summed E-state index contributed by atoms with van der Waals surface area (Å²) in [7, 11) is 1.61. The first-order valence-electron chi connectivity index (χ1n) is 6.70. The van der Waals surface area contributed by atoms with Gasteiger partial charge in [0.1, 0.15) is 5.75 Å². The number of benzene rings is 1. The third-order valence-electron chi connectivity index (χ3n) is 3.40. The molecule has 0 saturated carbocycles. The average molecular weight is 262 g/mol. The fourth-order valence-electron chi connectivity index (χ4n) is 2.42. The average Bonchev–Trinajstić information content (AvgIpc) is 2.59. The number of carbonyl (C=O) groups excluding carboxylic acids is 1. The SMILES string of the molecule is COc1cccc(C(=O)N2CCCNC(C)(C)C2)c1. The lowest BCUT2D eigenvalue weighted by molar-refractivity contribution is 0.0732. The lowest BCUT2D eigenvalue weighted by atomic mass is 10.1. The van der Waals surface area contributed by atoms with Gasteiger partial charge >= 0.3 is 0 Å². The summed E-state index contributed by atoms with van der Waals surface area (Å²) in [6.45, 7) is 6.73. The molecule has 0 radical (unpaired) electrons. The van der Waals surface area contributed by atoms with Crippen molar-refractivity contribution in [3.8, 4) is 5.75 Å². The second-order valence-electron chi connectivity index (χ2n) is 5.62. The molecule has 1 aromatic rings. The smallest absolute Gasteiger partial charge is 0.254 e. The molecule has 0 bridgehead atoms. The van der Waals surface area contributed by atoms with E-state index < -0.39 is 0 Å². The minimum absolute atomic E-state index is 0.0367. The van der Waals surface area contributed by atoms with Gasteiger partial charge in [0.25, 0.3) is 5.91 Å². The number of ether oxygens (including phenoxy) is 1. The van der Waals surface area contributed by atoms with Crippen LogP contribution in [0, 0.1) is 0 Å². The van der Waals surface area contributed by atoms with Gasteiger partial charge in [-0.15, -0.1) is 0 Å². The highest BCUT2D eigenvalue weighted by molar-refractivity contribution is 5.94. The Balaban J connectivity index is 2.17. The minimum Gasteiger partial charge on any atom is -0.497 e. The molecule has 0 unspecified atom stereocenters. The van der Waals surface area contributed by atoms with Crippen molar-refractivity contribution >= 4 is 5.91 Å². The number of nitrogens with zero attached hydrogens (tertiary/aromatic N) is 1. The highest BCUT2D eigenvalue weighted by Crippen LogP contribution is 2.17. The van der Waals surface area contributed by atoms with Crippen LogP contribution in [0.2, 0.25) is 0 Å². The number of rotatable bonds is 2. The van der Waals surface area contributed by atoms with E-state index in [1.54, 1.807) is 13.2 Å². The van der Waals surface area contributed by atoms with Crippen molar-refractivity contribution in [2.45, 2.75) is 25.8 Å². The fraction of sp³-hybridized carbons (Fsp3) is 0.533. The zero-order valence-corrected chi connectivity index (χ0v) is 11.9. The first-order valence-corrected chi connectivity index (χ1v) is 6.70. The summed E-state index contributed by atoms with van der Waals surface area (Å²) in [6, 6.07) is 7.35. The molecule has 1 saturated heterocycles. The Morgan fingerprint density at radius 1 is 1.42 bits per heavy atom. The molecule has 4 heteroatoms. The van der Waals surface area contributed by atoms with Crippen molar-refractivity contribution in [2.24, 2.45) is 0 Å². The van der Waals surface area contributed by atoms with Crippen molar-refractivity contribution < 1.29 is 9.53 Å². The predicted molar refractivity (Wildman–Crippen MR) is 75.6 cm³/mol. The Morgan fingerprint density at radius 3 is 2.95 bits per heavy atom. The Morgan fingerprint density at radius 2 is 2.21 bits per heavy atom. The second-order valence-corrected chi connectivity index (χ2v) is 5.62. The van der Waals surface area contributed by atoms with Gasteiger partial charge in [0, 0.05) is 24.2 Å². The molecule has 1 aliphatic rings. The highest BCUT2D eigenvalue weighted by Gasteiger charge is 2.27. The van der Waals surface area contributed by atoms with Gasteiger partial charge in [0.05, 0.1) is 7.11 Å². The van der Waals surface area contributed by atoms with E-state index in [1.165, 1.54) is 0 Å². The normalized spacial score (nSPS) is 18.8. The van der Waals surface area contributed by atoms with E-state index in [4.69, 9.17) is 4.74 Å². The van der Waals surface area contributed by atoms with Crippen molar-refractivity contribution in [3.05, 3.63) is 29.8 Å². The summed E-state index contributed by atoms with van der Waals surface area (Å²) < 4.78 is 5.17. The van der Waals surface area contributed by atoms with Crippen LogP contribution in [0.4, 0.5) is 0 Å². The predicted octanol–water partition coefficient (Wildman–Crippen LogP) is 1.91. The largest absolute Gasteiger partial charge is 0.497 e. The lowest BCUT2D eigenvalue weighted by Gasteiger charge is -2.30. The number of nitrogens with one attached hydrogen (secondary N) is 1. The van der Waals surface area contributed by atoms with Crippen molar-refractivity contribution in [2.75, 3.05) is 26.7 Å². The molecule has 104 valence electrons. The maximum absolute atomic E-state index is 12.6. The Bertz CT molecular complexity index is 457. The zero-order chi connectivity index (χ0) is 13.9. The summed E-state index contributed by atoms with van der Waals surface area (Å²) in [5.41, 5.74) is 0.655. The van der Waals surface area contributed by atoms with E-state index in [9.17, 15) is 4.79 Å². The van der Waals surface area contributed by atoms with Gasteiger partial charge in [-0.05, 0) is 45.0 Å². The number of carbonyl (C=O) groups is 1. The molecule has 1 heterocycles. The van der Waals surface area contributed by atoms with Gasteiger partial charge in [0.15, 0.2) is 0 Å². The third-order valence-corrected chi connectivity index (χ3v) is 3.40. The molecule has 1 amide bonds. The van der Waals surface area contributed by atoms with Crippen LogP contribution in [0.1, 0.15) is 30.6 Å². The van der Waals surface area contributed by atoms with E-state index in [-0.39, 0.29) is 11.4 Å². The van der Waals surface area contributed by atoms with Gasteiger partial charge < -0.3 is 15.0 Å². The molecule has 1 aliphatic heterocycles. The Labute approximate surface area is 114 Å². The summed E-state index contributed by atoms with van der Waals surface area (Å²) >= 11 is 0. The molecule has 0 aliphatic carbocycles. The molecule has 4 nitrogen and oxygen atoms in total. The Kier molecular flexibility index (Phi) is 4.10. The van der Waals surface area contributed by atoms with Crippen LogP contribution in [-0.2, 0) is 0 Å². The number of amides is 1. The van der Waals surface area contributed by atoms with Crippen LogP contribution >= 0.6 is 0 Å².